The first-order valence-electron chi connectivity index (χ1n) is 10.7. The summed E-state index contributed by atoms with van der Waals surface area (Å²) in [5.74, 6) is -0.259. The van der Waals surface area contributed by atoms with E-state index >= 15 is 0 Å². The fraction of sp³-hybridized carbons (Fsp3) is 0.250. The van der Waals surface area contributed by atoms with Crippen LogP contribution in [0.15, 0.2) is 70.2 Å². The number of nitrogens with one attached hydrogen (secondary N) is 1. The maximum Gasteiger partial charge on any atom is 0.267 e. The first-order valence-corrected chi connectivity index (χ1v) is 11.1. The van der Waals surface area contributed by atoms with E-state index in [0.29, 0.717) is 22.8 Å². The van der Waals surface area contributed by atoms with Crippen LogP contribution in [0.25, 0.3) is 22.4 Å². The SMILES string of the molecule is CCN(CCCNC(=O)Cn1cnc2onc(-c3ccc(Cl)cc3)c2c1=O)c1ccccc1.Cl. The number of hydrogen-bond acceptors (Lipinski definition) is 6. The van der Waals surface area contributed by atoms with Gasteiger partial charge in [-0.3, -0.25) is 14.2 Å². The van der Waals surface area contributed by atoms with E-state index in [9.17, 15) is 9.59 Å². The number of anilines is 1. The van der Waals surface area contributed by atoms with Crippen molar-refractivity contribution in [2.45, 2.75) is 19.9 Å². The Bertz CT molecular complexity index is 1290. The molecular formula is C24H25Cl2N5O3. The van der Waals surface area contributed by atoms with Crippen molar-refractivity contribution >= 4 is 46.7 Å². The quantitative estimate of drug-likeness (QED) is 0.346. The van der Waals surface area contributed by atoms with Gasteiger partial charge in [-0.05, 0) is 37.6 Å². The Hall–Kier alpha value is -3.36. The number of para-hydroxylation sites is 1. The van der Waals surface area contributed by atoms with Gasteiger partial charge in [0.1, 0.15) is 24.0 Å². The van der Waals surface area contributed by atoms with Crippen LogP contribution >= 0.6 is 24.0 Å². The maximum atomic E-state index is 13.0. The summed E-state index contributed by atoms with van der Waals surface area (Å²) in [5.41, 5.74) is 1.94. The lowest BCUT2D eigenvalue weighted by Gasteiger charge is -2.23. The van der Waals surface area contributed by atoms with Crippen molar-refractivity contribution in [1.82, 2.24) is 20.0 Å². The molecule has 0 aliphatic carbocycles. The second-order valence-corrected chi connectivity index (χ2v) is 7.95. The molecule has 178 valence electrons. The Labute approximate surface area is 207 Å². The summed E-state index contributed by atoms with van der Waals surface area (Å²) in [4.78, 5) is 31.9. The number of nitrogens with zero attached hydrogens (tertiary/aromatic N) is 4. The third kappa shape index (κ3) is 5.76. The molecule has 4 rings (SSSR count). The van der Waals surface area contributed by atoms with Crippen LogP contribution in [0.2, 0.25) is 5.02 Å². The van der Waals surface area contributed by atoms with Gasteiger partial charge in [-0.1, -0.05) is 47.1 Å². The number of benzene rings is 2. The van der Waals surface area contributed by atoms with Crippen molar-refractivity contribution in [2.75, 3.05) is 24.5 Å². The van der Waals surface area contributed by atoms with E-state index in [2.05, 4.69) is 39.4 Å². The van der Waals surface area contributed by atoms with E-state index < -0.39 is 0 Å². The minimum absolute atomic E-state index is 0. The highest BCUT2D eigenvalue weighted by atomic mass is 35.5. The minimum Gasteiger partial charge on any atom is -0.372 e. The van der Waals surface area contributed by atoms with Crippen LogP contribution in [0, 0.1) is 0 Å². The first-order chi connectivity index (χ1) is 16.1. The minimum atomic E-state index is -0.386. The van der Waals surface area contributed by atoms with Gasteiger partial charge in [-0.2, -0.15) is 0 Å². The molecule has 2 aromatic carbocycles. The topological polar surface area (TPSA) is 93.3 Å². The Morgan fingerprint density at radius 3 is 2.59 bits per heavy atom. The smallest absolute Gasteiger partial charge is 0.267 e. The van der Waals surface area contributed by atoms with E-state index in [0.717, 1.165) is 25.2 Å². The van der Waals surface area contributed by atoms with Crippen LogP contribution in [-0.2, 0) is 11.3 Å². The van der Waals surface area contributed by atoms with Crippen molar-refractivity contribution in [3.05, 3.63) is 76.3 Å². The van der Waals surface area contributed by atoms with E-state index in [4.69, 9.17) is 16.1 Å². The van der Waals surface area contributed by atoms with Crippen molar-refractivity contribution in [3.8, 4) is 11.3 Å². The molecule has 8 nitrogen and oxygen atoms in total. The Kier molecular flexibility index (Phi) is 8.67. The van der Waals surface area contributed by atoms with E-state index in [1.54, 1.807) is 24.3 Å². The molecule has 0 saturated carbocycles. The van der Waals surface area contributed by atoms with Gasteiger partial charge in [0.2, 0.25) is 5.91 Å². The lowest BCUT2D eigenvalue weighted by Crippen LogP contribution is -2.34. The van der Waals surface area contributed by atoms with Crippen molar-refractivity contribution in [1.29, 1.82) is 0 Å². The van der Waals surface area contributed by atoms with Crippen molar-refractivity contribution in [2.24, 2.45) is 0 Å². The molecule has 0 aliphatic heterocycles. The fourth-order valence-corrected chi connectivity index (χ4v) is 3.74. The second kappa shape index (κ2) is 11.7. The third-order valence-electron chi connectivity index (χ3n) is 5.32. The zero-order valence-corrected chi connectivity index (χ0v) is 20.2. The molecule has 1 amide bonds. The second-order valence-electron chi connectivity index (χ2n) is 7.51. The molecule has 1 N–H and O–H groups in total. The van der Waals surface area contributed by atoms with E-state index in [-0.39, 0.29) is 41.5 Å². The zero-order valence-electron chi connectivity index (χ0n) is 18.6. The normalized spacial score (nSPS) is 10.6. The molecule has 0 aliphatic rings. The molecule has 0 spiro atoms. The number of rotatable bonds is 9. The molecular weight excluding hydrogens is 477 g/mol. The molecule has 2 aromatic heterocycles. The molecule has 2 heterocycles. The Balaban J connectivity index is 0.00000324. The molecule has 0 unspecified atom stereocenters. The van der Waals surface area contributed by atoms with Crippen LogP contribution in [-0.4, -0.2) is 40.2 Å². The van der Waals surface area contributed by atoms with Gasteiger partial charge < -0.3 is 14.7 Å². The van der Waals surface area contributed by atoms with Gasteiger partial charge in [0.05, 0.1) is 0 Å². The average Bonchev–Trinajstić information content (AvgIpc) is 3.27. The summed E-state index contributed by atoms with van der Waals surface area (Å²) in [7, 11) is 0. The molecule has 0 saturated heterocycles. The van der Waals surface area contributed by atoms with Crippen molar-refractivity contribution in [3.63, 3.8) is 0 Å². The summed E-state index contributed by atoms with van der Waals surface area (Å²) in [6.07, 6.45) is 2.09. The molecule has 10 heteroatoms. The molecule has 0 fully saturated rings. The van der Waals surface area contributed by atoms with Gasteiger partial charge in [0.25, 0.3) is 11.3 Å². The monoisotopic (exact) mass is 501 g/mol. The molecule has 0 radical (unpaired) electrons. The molecule has 4 aromatic rings. The highest BCUT2D eigenvalue weighted by Crippen LogP contribution is 2.25. The number of amides is 1. The summed E-state index contributed by atoms with van der Waals surface area (Å²) >= 11 is 5.94. The number of carbonyl (C=O) groups excluding carboxylic acids is 1. The van der Waals surface area contributed by atoms with Crippen LogP contribution in [0.5, 0.6) is 0 Å². The zero-order chi connectivity index (χ0) is 23.2. The highest BCUT2D eigenvalue weighted by molar-refractivity contribution is 6.30. The van der Waals surface area contributed by atoms with Gasteiger partial charge in [-0.15, -0.1) is 12.4 Å². The lowest BCUT2D eigenvalue weighted by molar-refractivity contribution is -0.121. The summed E-state index contributed by atoms with van der Waals surface area (Å²) in [5, 5.41) is 7.67. The number of hydrogen-bond donors (Lipinski definition) is 1. The summed E-state index contributed by atoms with van der Waals surface area (Å²) < 4.78 is 6.47. The van der Waals surface area contributed by atoms with Crippen LogP contribution < -0.4 is 15.8 Å². The van der Waals surface area contributed by atoms with E-state index in [1.807, 2.05) is 18.2 Å². The van der Waals surface area contributed by atoms with E-state index in [1.165, 1.54) is 10.9 Å². The third-order valence-corrected chi connectivity index (χ3v) is 5.58. The van der Waals surface area contributed by atoms with Crippen LogP contribution in [0.1, 0.15) is 13.3 Å². The standard InChI is InChI=1S/C24H24ClN5O3.ClH/c1-2-29(19-7-4-3-5-8-19)14-6-13-26-20(31)15-30-16-27-23-21(24(30)32)22(28-33-23)17-9-11-18(25)12-10-17;/h3-5,7-12,16H,2,6,13-15H2,1H3,(H,26,31);1H. The largest absolute Gasteiger partial charge is 0.372 e. The summed E-state index contributed by atoms with van der Waals surface area (Å²) in [6, 6.07) is 17.1. The molecule has 34 heavy (non-hydrogen) atoms. The predicted octanol–water partition coefficient (Wildman–Crippen LogP) is 4.16. The number of aromatic nitrogens is 3. The van der Waals surface area contributed by atoms with Crippen molar-refractivity contribution < 1.29 is 9.32 Å². The molecule has 0 bridgehead atoms. The predicted molar refractivity (Wildman–Crippen MR) is 136 cm³/mol. The average molecular weight is 502 g/mol. The lowest BCUT2D eigenvalue weighted by atomic mass is 10.1. The Morgan fingerprint density at radius 1 is 1.15 bits per heavy atom. The van der Waals surface area contributed by atoms with Gasteiger partial charge in [0, 0.05) is 35.9 Å². The Morgan fingerprint density at radius 2 is 1.88 bits per heavy atom. The summed E-state index contributed by atoms with van der Waals surface area (Å²) in [6.45, 7) is 4.18. The maximum absolute atomic E-state index is 13.0. The first kappa shape index (κ1) is 25.3. The van der Waals surface area contributed by atoms with Crippen LogP contribution in [0.3, 0.4) is 0 Å². The number of halogens is 2. The highest BCUT2D eigenvalue weighted by Gasteiger charge is 2.18. The number of fused-ring (bicyclic) bond motifs is 1. The van der Waals surface area contributed by atoms with Gasteiger partial charge in [-0.25, -0.2) is 4.98 Å². The van der Waals surface area contributed by atoms with Crippen LogP contribution in [0.4, 0.5) is 5.69 Å². The molecule has 0 atom stereocenters. The van der Waals surface area contributed by atoms with Gasteiger partial charge >= 0.3 is 0 Å². The number of carbonyl (C=O) groups is 1. The fourth-order valence-electron chi connectivity index (χ4n) is 3.61. The van der Waals surface area contributed by atoms with Gasteiger partial charge in [0.15, 0.2) is 0 Å².